The van der Waals surface area contributed by atoms with Gasteiger partial charge < -0.3 is 9.84 Å². The number of hydrogen-bond acceptors (Lipinski definition) is 5. The molecule has 178 valence electrons. The summed E-state index contributed by atoms with van der Waals surface area (Å²) < 4.78 is 5.85. The number of rotatable bonds is 5. The summed E-state index contributed by atoms with van der Waals surface area (Å²) >= 11 is 0. The van der Waals surface area contributed by atoms with Crippen molar-refractivity contribution in [2.45, 2.75) is 45.3 Å². The molecule has 5 rings (SSSR count). The Balaban J connectivity index is 1.18. The van der Waals surface area contributed by atoms with Crippen LogP contribution < -0.4 is 0 Å². The molecule has 0 aromatic heterocycles. The maximum Gasteiger partial charge on any atom is 0.311 e. The van der Waals surface area contributed by atoms with Gasteiger partial charge >= 0.3 is 5.97 Å². The Morgan fingerprint density at radius 3 is 2.64 bits per heavy atom. The van der Waals surface area contributed by atoms with Gasteiger partial charge in [-0.15, -0.1) is 0 Å². The summed E-state index contributed by atoms with van der Waals surface area (Å²) in [4.78, 5) is 17.8. The van der Waals surface area contributed by atoms with E-state index in [1.54, 1.807) is 0 Å². The number of fused-ring (bicyclic) bond motifs is 2. The molecule has 5 heteroatoms. The van der Waals surface area contributed by atoms with Gasteiger partial charge in [0.1, 0.15) is 6.10 Å². The van der Waals surface area contributed by atoms with Gasteiger partial charge in [-0.3, -0.25) is 14.6 Å². The van der Waals surface area contributed by atoms with E-state index in [1.807, 2.05) is 6.07 Å². The molecule has 3 fully saturated rings. The predicted octanol–water partition coefficient (Wildman–Crippen LogP) is 3.60. The number of allylic oxidation sites excluding steroid dienone is 1. The zero-order chi connectivity index (χ0) is 23.0. The molecule has 2 aliphatic carbocycles. The zero-order valence-corrected chi connectivity index (χ0v) is 20.0. The molecule has 1 aromatic carbocycles. The standard InChI is InChI=1S/C28H38N2O3/c1-20-8-6-12-22-18-24-25(26(31)28(20,22)2)23(27(32)33-24)19-30-16-14-29(15-17-30)13-7-11-21-9-4-3-5-10-21/h3-5,7,9-12,20,23-26,31H,6,8,13-19H2,1-2H3/b11-7+/t20-,23+,24+,25+,26-,28+/m0/s1. The highest BCUT2D eigenvalue weighted by molar-refractivity contribution is 5.76. The van der Waals surface area contributed by atoms with Gasteiger partial charge in [0.15, 0.2) is 0 Å². The van der Waals surface area contributed by atoms with Crippen LogP contribution in [0.5, 0.6) is 0 Å². The molecule has 0 spiro atoms. The summed E-state index contributed by atoms with van der Waals surface area (Å²) in [6.45, 7) is 10.0. The van der Waals surface area contributed by atoms with Gasteiger partial charge in [0, 0.05) is 57.0 Å². The number of aliphatic hydroxyl groups is 1. The van der Waals surface area contributed by atoms with Crippen LogP contribution in [-0.4, -0.2) is 72.4 Å². The largest absolute Gasteiger partial charge is 0.461 e. The third-order valence-corrected chi connectivity index (χ3v) is 8.96. The highest BCUT2D eigenvalue weighted by Crippen LogP contribution is 2.56. The fourth-order valence-electron chi connectivity index (χ4n) is 6.61. The second-order valence-electron chi connectivity index (χ2n) is 10.7. The lowest BCUT2D eigenvalue weighted by Crippen LogP contribution is -2.55. The lowest BCUT2D eigenvalue weighted by atomic mass is 9.55. The van der Waals surface area contributed by atoms with Crippen molar-refractivity contribution in [3.05, 3.63) is 53.6 Å². The first kappa shape index (κ1) is 22.8. The lowest BCUT2D eigenvalue weighted by Gasteiger charge is -2.52. The molecular weight excluding hydrogens is 412 g/mol. The summed E-state index contributed by atoms with van der Waals surface area (Å²) in [6.07, 6.45) is 9.01. The minimum atomic E-state index is -0.515. The van der Waals surface area contributed by atoms with Crippen molar-refractivity contribution < 1.29 is 14.6 Å². The average Bonchev–Trinajstić information content (AvgIpc) is 3.13. The molecule has 1 aromatic rings. The minimum Gasteiger partial charge on any atom is -0.461 e. The van der Waals surface area contributed by atoms with E-state index in [9.17, 15) is 9.90 Å². The maximum absolute atomic E-state index is 12.9. The third kappa shape index (κ3) is 4.31. The normalized spacial score (nSPS) is 37.5. The molecule has 5 nitrogen and oxygen atoms in total. The van der Waals surface area contributed by atoms with Crippen molar-refractivity contribution >= 4 is 12.0 Å². The van der Waals surface area contributed by atoms with E-state index in [1.165, 1.54) is 11.1 Å². The van der Waals surface area contributed by atoms with Crippen LogP contribution >= 0.6 is 0 Å². The Kier molecular flexibility index (Phi) is 6.47. The van der Waals surface area contributed by atoms with Crippen molar-refractivity contribution in [2.24, 2.45) is 23.2 Å². The molecule has 33 heavy (non-hydrogen) atoms. The Bertz CT molecular complexity index is 905. The molecule has 1 N–H and O–H groups in total. The number of piperazine rings is 1. The molecule has 0 bridgehead atoms. The van der Waals surface area contributed by atoms with Crippen LogP contribution in [-0.2, 0) is 9.53 Å². The number of nitrogens with zero attached hydrogens (tertiary/aromatic N) is 2. The highest BCUT2D eigenvalue weighted by atomic mass is 16.6. The quantitative estimate of drug-likeness (QED) is 0.549. The van der Waals surface area contributed by atoms with Crippen LogP contribution in [0.4, 0.5) is 0 Å². The van der Waals surface area contributed by atoms with Gasteiger partial charge in [-0.2, -0.15) is 0 Å². The van der Waals surface area contributed by atoms with E-state index in [-0.39, 0.29) is 29.3 Å². The van der Waals surface area contributed by atoms with E-state index >= 15 is 0 Å². The second kappa shape index (κ2) is 9.36. The molecule has 0 amide bonds. The first-order valence-corrected chi connectivity index (χ1v) is 12.7. The van der Waals surface area contributed by atoms with Gasteiger partial charge in [-0.05, 0) is 24.3 Å². The lowest BCUT2D eigenvalue weighted by molar-refractivity contribution is -0.145. The molecule has 6 atom stereocenters. The summed E-state index contributed by atoms with van der Waals surface area (Å²) in [6, 6.07) is 10.4. The average molecular weight is 451 g/mol. The summed E-state index contributed by atoms with van der Waals surface area (Å²) in [7, 11) is 0. The zero-order valence-electron chi connectivity index (χ0n) is 20.0. The Hall–Kier alpha value is -1.95. The first-order valence-electron chi connectivity index (χ1n) is 12.7. The maximum atomic E-state index is 12.9. The van der Waals surface area contributed by atoms with Crippen molar-refractivity contribution in [1.29, 1.82) is 0 Å². The molecule has 2 aliphatic heterocycles. The van der Waals surface area contributed by atoms with E-state index in [0.717, 1.165) is 52.0 Å². The van der Waals surface area contributed by atoms with Crippen LogP contribution in [0.3, 0.4) is 0 Å². The Labute approximate surface area is 198 Å². The fraction of sp³-hybridized carbons (Fsp3) is 0.607. The topological polar surface area (TPSA) is 53.0 Å². The van der Waals surface area contributed by atoms with Gasteiger partial charge in [-0.1, -0.05) is 68.0 Å². The number of carbonyl (C=O) groups is 1. The van der Waals surface area contributed by atoms with Crippen molar-refractivity contribution in [1.82, 2.24) is 9.80 Å². The molecule has 0 unspecified atom stereocenters. The van der Waals surface area contributed by atoms with Crippen LogP contribution in [0, 0.1) is 23.2 Å². The number of aliphatic hydroxyl groups excluding tert-OH is 1. The number of ether oxygens (including phenoxy) is 1. The summed E-state index contributed by atoms with van der Waals surface area (Å²) in [5, 5.41) is 11.5. The molecule has 2 saturated heterocycles. The van der Waals surface area contributed by atoms with Crippen LogP contribution in [0.2, 0.25) is 0 Å². The van der Waals surface area contributed by atoms with Crippen molar-refractivity contribution in [2.75, 3.05) is 39.3 Å². The Morgan fingerprint density at radius 2 is 1.88 bits per heavy atom. The first-order chi connectivity index (χ1) is 16.0. The number of hydrogen-bond donors (Lipinski definition) is 1. The van der Waals surface area contributed by atoms with Crippen LogP contribution in [0.25, 0.3) is 6.08 Å². The number of benzene rings is 1. The van der Waals surface area contributed by atoms with Crippen molar-refractivity contribution in [3.63, 3.8) is 0 Å². The van der Waals surface area contributed by atoms with Crippen LogP contribution in [0.15, 0.2) is 48.1 Å². The number of carbonyl (C=O) groups excluding carboxylic acids is 1. The van der Waals surface area contributed by atoms with E-state index in [0.29, 0.717) is 12.5 Å². The highest BCUT2D eigenvalue weighted by Gasteiger charge is 2.59. The van der Waals surface area contributed by atoms with Crippen molar-refractivity contribution in [3.8, 4) is 0 Å². The SMILES string of the molecule is C[C@H]1CCC=C2C[C@H]3OC(=O)[C@H](CN4CCN(C/C=C/c5ccccc5)CC4)[C@H]3[C@H](O)[C@@]21C. The minimum absolute atomic E-state index is 0.0907. The van der Waals surface area contributed by atoms with E-state index < -0.39 is 6.10 Å². The third-order valence-electron chi connectivity index (χ3n) is 8.96. The van der Waals surface area contributed by atoms with Crippen LogP contribution in [0.1, 0.15) is 38.7 Å². The van der Waals surface area contributed by atoms with E-state index in [2.05, 4.69) is 66.1 Å². The van der Waals surface area contributed by atoms with E-state index in [4.69, 9.17) is 4.74 Å². The molecular formula is C28H38N2O3. The molecule has 0 radical (unpaired) electrons. The molecule has 1 saturated carbocycles. The van der Waals surface area contributed by atoms with Gasteiger partial charge in [0.2, 0.25) is 0 Å². The number of esters is 1. The second-order valence-corrected chi connectivity index (χ2v) is 10.7. The van der Waals surface area contributed by atoms with Gasteiger partial charge in [0.25, 0.3) is 0 Å². The summed E-state index contributed by atoms with van der Waals surface area (Å²) in [5.41, 5.74) is 2.31. The van der Waals surface area contributed by atoms with Gasteiger partial charge in [0.05, 0.1) is 12.0 Å². The van der Waals surface area contributed by atoms with Gasteiger partial charge in [-0.25, -0.2) is 0 Å². The molecule has 2 heterocycles. The molecule has 4 aliphatic rings. The summed E-state index contributed by atoms with van der Waals surface area (Å²) in [5.74, 6) is 0.0131. The monoisotopic (exact) mass is 450 g/mol. The smallest absolute Gasteiger partial charge is 0.311 e. The predicted molar refractivity (Wildman–Crippen MR) is 130 cm³/mol. The fourth-order valence-corrected chi connectivity index (χ4v) is 6.61. The Morgan fingerprint density at radius 1 is 1.15 bits per heavy atom.